The first-order valence-electron chi connectivity index (χ1n) is 7.89. The van der Waals surface area contributed by atoms with Gasteiger partial charge in [-0.15, -0.1) is 0 Å². The number of nitrogens with one attached hydrogen (secondary N) is 1. The normalized spacial score (nSPS) is 19.5. The second kappa shape index (κ2) is 6.02. The molecule has 114 valence electrons. The van der Waals surface area contributed by atoms with Crippen molar-refractivity contribution in [1.29, 1.82) is 0 Å². The van der Waals surface area contributed by atoms with E-state index in [4.69, 9.17) is 5.73 Å². The van der Waals surface area contributed by atoms with Gasteiger partial charge in [0.05, 0.1) is 0 Å². The maximum absolute atomic E-state index is 11.5. The number of hydrogen-bond acceptors (Lipinski definition) is 4. The highest BCUT2D eigenvalue weighted by Crippen LogP contribution is 2.33. The Morgan fingerprint density at radius 2 is 2.05 bits per heavy atom. The number of carbonyl (C=O) groups excluding carboxylic acids is 1. The molecule has 1 aromatic heterocycles. The van der Waals surface area contributed by atoms with E-state index in [2.05, 4.69) is 15.2 Å². The van der Waals surface area contributed by atoms with Gasteiger partial charge < -0.3 is 16.0 Å². The summed E-state index contributed by atoms with van der Waals surface area (Å²) in [6, 6.07) is 4.21. The number of pyridine rings is 1. The summed E-state index contributed by atoms with van der Waals surface area (Å²) in [7, 11) is 0. The number of nitrogens with two attached hydrogens (primary N) is 1. The zero-order chi connectivity index (χ0) is 14.8. The van der Waals surface area contributed by atoms with Crippen LogP contribution in [-0.4, -0.2) is 36.6 Å². The van der Waals surface area contributed by atoms with E-state index in [0.29, 0.717) is 17.5 Å². The molecule has 3 rings (SSSR count). The van der Waals surface area contributed by atoms with E-state index in [1.54, 1.807) is 6.07 Å². The number of amides is 1. The molecule has 3 N–H and O–H groups in total. The second-order valence-electron chi connectivity index (χ2n) is 6.30. The number of aromatic nitrogens is 1. The largest absolute Gasteiger partial charge is 0.366 e. The van der Waals surface area contributed by atoms with Crippen LogP contribution >= 0.6 is 0 Å². The summed E-state index contributed by atoms with van der Waals surface area (Å²) in [6.45, 7) is 5.18. The molecule has 0 atom stereocenters. The fourth-order valence-electron chi connectivity index (χ4n) is 3.10. The molecule has 0 unspecified atom stereocenters. The summed E-state index contributed by atoms with van der Waals surface area (Å²) in [4.78, 5) is 18.5. The molecule has 1 aromatic rings. The van der Waals surface area contributed by atoms with Crippen molar-refractivity contribution in [2.75, 3.05) is 24.5 Å². The van der Waals surface area contributed by atoms with Gasteiger partial charge >= 0.3 is 0 Å². The van der Waals surface area contributed by atoms with E-state index in [1.807, 2.05) is 13.0 Å². The third-order valence-corrected chi connectivity index (χ3v) is 4.42. The van der Waals surface area contributed by atoms with Crippen LogP contribution in [0, 0.1) is 12.8 Å². The molecule has 1 saturated heterocycles. The zero-order valence-electron chi connectivity index (χ0n) is 12.6. The van der Waals surface area contributed by atoms with Crippen LogP contribution in [-0.2, 0) is 0 Å². The summed E-state index contributed by atoms with van der Waals surface area (Å²) >= 11 is 0. The minimum absolute atomic E-state index is 0.376. The number of primary amides is 1. The molecule has 0 radical (unpaired) electrons. The Labute approximate surface area is 125 Å². The lowest BCUT2D eigenvalue weighted by Crippen LogP contribution is -2.38. The number of aryl methyl sites for hydroxylation is 1. The number of anilines is 1. The highest BCUT2D eigenvalue weighted by Gasteiger charge is 2.32. The number of hydrogen-bond donors (Lipinski definition) is 2. The highest BCUT2D eigenvalue weighted by atomic mass is 16.1. The molecule has 1 aliphatic heterocycles. The molecular formula is C16H24N4O. The van der Waals surface area contributed by atoms with Gasteiger partial charge in [0.25, 0.3) is 0 Å². The van der Waals surface area contributed by atoms with Crippen molar-refractivity contribution in [3.63, 3.8) is 0 Å². The van der Waals surface area contributed by atoms with E-state index in [-0.39, 0.29) is 5.91 Å². The van der Waals surface area contributed by atoms with Crippen molar-refractivity contribution in [3.8, 4) is 0 Å². The highest BCUT2D eigenvalue weighted by molar-refractivity contribution is 5.93. The fraction of sp³-hybridized carbons (Fsp3) is 0.625. The van der Waals surface area contributed by atoms with E-state index in [9.17, 15) is 4.79 Å². The Morgan fingerprint density at radius 1 is 1.33 bits per heavy atom. The predicted molar refractivity (Wildman–Crippen MR) is 83.5 cm³/mol. The molecule has 0 aromatic carbocycles. The lowest BCUT2D eigenvalue weighted by atomic mass is 9.97. The molecule has 21 heavy (non-hydrogen) atoms. The van der Waals surface area contributed by atoms with Gasteiger partial charge in [0, 0.05) is 23.8 Å². The Hall–Kier alpha value is -1.62. The van der Waals surface area contributed by atoms with Gasteiger partial charge in [-0.2, -0.15) is 0 Å². The Bertz CT molecular complexity index is 521. The van der Waals surface area contributed by atoms with Crippen LogP contribution in [0.4, 0.5) is 5.82 Å². The van der Waals surface area contributed by atoms with Gasteiger partial charge in [-0.25, -0.2) is 4.98 Å². The number of nitrogens with zero attached hydrogens (tertiary/aromatic N) is 2. The Morgan fingerprint density at radius 3 is 2.67 bits per heavy atom. The van der Waals surface area contributed by atoms with Crippen LogP contribution in [0.25, 0.3) is 0 Å². The SMILES string of the molecule is Cc1cc(C(N)=O)cc(N(CC2CCNCC2)C2CC2)n1. The van der Waals surface area contributed by atoms with E-state index < -0.39 is 0 Å². The molecular weight excluding hydrogens is 264 g/mol. The topological polar surface area (TPSA) is 71.2 Å². The van der Waals surface area contributed by atoms with E-state index in [1.165, 1.54) is 25.7 Å². The number of rotatable bonds is 5. The standard InChI is InChI=1S/C16H24N4O/c1-11-8-13(16(17)21)9-15(19-11)20(14-2-3-14)10-12-4-6-18-7-5-12/h8-9,12,14,18H,2-7,10H2,1H3,(H2,17,21). The van der Waals surface area contributed by atoms with Crippen molar-refractivity contribution >= 4 is 11.7 Å². The molecule has 2 aliphatic rings. The molecule has 0 bridgehead atoms. The smallest absolute Gasteiger partial charge is 0.248 e. The third-order valence-electron chi connectivity index (χ3n) is 4.42. The first kappa shape index (κ1) is 14.3. The summed E-state index contributed by atoms with van der Waals surface area (Å²) in [6.07, 6.45) is 4.90. The van der Waals surface area contributed by atoms with Gasteiger partial charge in [0.15, 0.2) is 0 Å². The van der Waals surface area contributed by atoms with Gasteiger partial charge in [0.2, 0.25) is 5.91 Å². The van der Waals surface area contributed by atoms with Crippen molar-refractivity contribution in [3.05, 3.63) is 23.4 Å². The van der Waals surface area contributed by atoms with Gasteiger partial charge in [0.1, 0.15) is 5.82 Å². The molecule has 5 heteroatoms. The molecule has 1 saturated carbocycles. The van der Waals surface area contributed by atoms with Crippen molar-refractivity contribution in [2.24, 2.45) is 11.7 Å². The van der Waals surface area contributed by atoms with Crippen LogP contribution in [0.2, 0.25) is 0 Å². The van der Waals surface area contributed by atoms with Crippen molar-refractivity contribution in [2.45, 2.75) is 38.6 Å². The van der Waals surface area contributed by atoms with Gasteiger partial charge in [-0.05, 0) is 63.7 Å². The average Bonchev–Trinajstić information content (AvgIpc) is 3.29. The fourth-order valence-corrected chi connectivity index (χ4v) is 3.10. The predicted octanol–water partition coefficient (Wildman–Crippen LogP) is 1.46. The Balaban J connectivity index is 1.81. The van der Waals surface area contributed by atoms with E-state index >= 15 is 0 Å². The van der Waals surface area contributed by atoms with Gasteiger partial charge in [-0.3, -0.25) is 4.79 Å². The first-order chi connectivity index (χ1) is 10.1. The summed E-state index contributed by atoms with van der Waals surface area (Å²) in [5.74, 6) is 1.26. The van der Waals surface area contributed by atoms with Crippen LogP contribution < -0.4 is 16.0 Å². The van der Waals surface area contributed by atoms with Gasteiger partial charge in [-0.1, -0.05) is 0 Å². The monoisotopic (exact) mass is 288 g/mol. The summed E-state index contributed by atoms with van der Waals surface area (Å²) in [5, 5.41) is 3.41. The number of piperidine rings is 1. The second-order valence-corrected chi connectivity index (χ2v) is 6.30. The third kappa shape index (κ3) is 3.53. The maximum atomic E-state index is 11.5. The van der Waals surface area contributed by atoms with Crippen LogP contribution in [0.3, 0.4) is 0 Å². The maximum Gasteiger partial charge on any atom is 0.248 e. The quantitative estimate of drug-likeness (QED) is 0.860. The van der Waals surface area contributed by atoms with Crippen LogP contribution in [0.1, 0.15) is 41.7 Å². The summed E-state index contributed by atoms with van der Waals surface area (Å²) < 4.78 is 0. The van der Waals surface area contributed by atoms with Crippen molar-refractivity contribution in [1.82, 2.24) is 10.3 Å². The lowest BCUT2D eigenvalue weighted by Gasteiger charge is -2.31. The Kier molecular flexibility index (Phi) is 4.10. The minimum atomic E-state index is -0.376. The average molecular weight is 288 g/mol. The first-order valence-corrected chi connectivity index (χ1v) is 7.89. The molecule has 1 amide bonds. The van der Waals surface area contributed by atoms with Crippen LogP contribution in [0.15, 0.2) is 12.1 Å². The molecule has 1 aliphatic carbocycles. The minimum Gasteiger partial charge on any atom is -0.366 e. The van der Waals surface area contributed by atoms with E-state index in [0.717, 1.165) is 31.1 Å². The zero-order valence-corrected chi connectivity index (χ0v) is 12.6. The van der Waals surface area contributed by atoms with Crippen molar-refractivity contribution < 1.29 is 4.79 Å². The lowest BCUT2D eigenvalue weighted by molar-refractivity contribution is 0.1000. The molecule has 5 nitrogen and oxygen atoms in total. The van der Waals surface area contributed by atoms with Crippen LogP contribution in [0.5, 0.6) is 0 Å². The summed E-state index contributed by atoms with van der Waals surface area (Å²) in [5.41, 5.74) is 6.86. The molecule has 2 fully saturated rings. The molecule has 0 spiro atoms. The molecule has 2 heterocycles. The number of carbonyl (C=O) groups is 1.